The molecule has 3 rings (SSSR count). The fourth-order valence-electron chi connectivity index (χ4n) is 3.01. The van der Waals surface area contributed by atoms with Crippen LogP contribution < -0.4 is 5.32 Å². The Balaban J connectivity index is 1.58. The van der Waals surface area contributed by atoms with E-state index in [-0.39, 0.29) is 0 Å². The number of nitrogens with zero attached hydrogens (tertiary/aromatic N) is 3. The van der Waals surface area contributed by atoms with Crippen molar-refractivity contribution in [3.63, 3.8) is 0 Å². The van der Waals surface area contributed by atoms with Gasteiger partial charge in [-0.25, -0.2) is 4.98 Å². The van der Waals surface area contributed by atoms with Crippen LogP contribution in [0.4, 0.5) is 0 Å². The maximum absolute atomic E-state index is 4.70. The number of nitrogens with one attached hydrogen (secondary N) is 2. The van der Waals surface area contributed by atoms with E-state index in [0.717, 1.165) is 44.4 Å². The predicted octanol–water partition coefficient (Wildman–Crippen LogP) is 1.26. The summed E-state index contributed by atoms with van der Waals surface area (Å²) in [6.45, 7) is 5.31. The maximum Gasteiger partial charge on any atom is 0.153 e. The summed E-state index contributed by atoms with van der Waals surface area (Å²) in [6.07, 6.45) is 6.60. The van der Waals surface area contributed by atoms with Crippen molar-refractivity contribution in [1.82, 2.24) is 25.4 Å². The Labute approximate surface area is 108 Å². The van der Waals surface area contributed by atoms with Crippen LogP contribution >= 0.6 is 0 Å². The van der Waals surface area contributed by atoms with Gasteiger partial charge in [-0.05, 0) is 12.8 Å². The minimum absolute atomic E-state index is 0.603. The summed E-state index contributed by atoms with van der Waals surface area (Å²) in [5.41, 5.74) is 0. The van der Waals surface area contributed by atoms with E-state index in [1.54, 1.807) is 0 Å². The van der Waals surface area contributed by atoms with Crippen LogP contribution in [0.15, 0.2) is 0 Å². The third-order valence-electron chi connectivity index (χ3n) is 4.10. The van der Waals surface area contributed by atoms with Crippen molar-refractivity contribution in [2.45, 2.75) is 44.6 Å². The number of hydrogen-bond acceptors (Lipinski definition) is 4. The summed E-state index contributed by atoms with van der Waals surface area (Å²) in [4.78, 5) is 7.13. The predicted molar refractivity (Wildman–Crippen MR) is 70.4 cm³/mol. The summed E-state index contributed by atoms with van der Waals surface area (Å²) in [5.74, 6) is 2.70. The van der Waals surface area contributed by atoms with E-state index in [0.29, 0.717) is 5.92 Å². The number of aromatic nitrogens is 3. The van der Waals surface area contributed by atoms with Gasteiger partial charge in [0, 0.05) is 32.1 Å². The SMILES string of the molecule is C1CCC(c2n[nH]c(CN3CCNCC3)n2)CC1. The lowest BCUT2D eigenvalue weighted by molar-refractivity contribution is 0.228. The highest BCUT2D eigenvalue weighted by Crippen LogP contribution is 2.30. The Morgan fingerprint density at radius 1 is 1.11 bits per heavy atom. The topological polar surface area (TPSA) is 56.8 Å². The average Bonchev–Trinajstić information content (AvgIpc) is 2.89. The summed E-state index contributed by atoms with van der Waals surface area (Å²) < 4.78 is 0. The van der Waals surface area contributed by atoms with E-state index in [4.69, 9.17) is 4.98 Å². The summed E-state index contributed by atoms with van der Waals surface area (Å²) >= 11 is 0. The Bertz CT molecular complexity index is 363. The molecule has 1 aliphatic carbocycles. The first-order chi connectivity index (χ1) is 8.92. The third kappa shape index (κ3) is 2.90. The zero-order valence-electron chi connectivity index (χ0n) is 11.0. The lowest BCUT2D eigenvalue weighted by Crippen LogP contribution is -2.43. The molecule has 0 bridgehead atoms. The molecule has 1 aliphatic heterocycles. The molecule has 0 spiro atoms. The fourth-order valence-corrected chi connectivity index (χ4v) is 3.01. The molecule has 0 amide bonds. The Hall–Kier alpha value is -0.940. The van der Waals surface area contributed by atoms with Crippen LogP contribution in [0.3, 0.4) is 0 Å². The number of H-pyrrole nitrogens is 1. The van der Waals surface area contributed by atoms with Gasteiger partial charge in [0.1, 0.15) is 5.82 Å². The highest BCUT2D eigenvalue weighted by molar-refractivity contribution is 4.99. The van der Waals surface area contributed by atoms with E-state index in [9.17, 15) is 0 Å². The van der Waals surface area contributed by atoms with Crippen LogP contribution in [0, 0.1) is 0 Å². The zero-order chi connectivity index (χ0) is 12.2. The molecule has 1 saturated heterocycles. The molecule has 5 nitrogen and oxygen atoms in total. The van der Waals surface area contributed by atoms with Crippen molar-refractivity contribution < 1.29 is 0 Å². The van der Waals surface area contributed by atoms with Crippen molar-refractivity contribution >= 4 is 0 Å². The fraction of sp³-hybridized carbons (Fsp3) is 0.846. The normalized spacial score (nSPS) is 23.3. The number of hydrogen-bond donors (Lipinski definition) is 2. The number of rotatable bonds is 3. The highest BCUT2D eigenvalue weighted by Gasteiger charge is 2.20. The van der Waals surface area contributed by atoms with Crippen LogP contribution in [-0.4, -0.2) is 46.3 Å². The lowest BCUT2D eigenvalue weighted by atomic mass is 9.89. The molecule has 2 fully saturated rings. The molecule has 1 saturated carbocycles. The first kappa shape index (κ1) is 12.1. The van der Waals surface area contributed by atoms with Crippen LogP contribution in [0.2, 0.25) is 0 Å². The van der Waals surface area contributed by atoms with E-state index >= 15 is 0 Å². The molecular formula is C13H23N5. The molecule has 1 aromatic rings. The first-order valence-corrected chi connectivity index (χ1v) is 7.26. The van der Waals surface area contributed by atoms with Crippen molar-refractivity contribution in [2.24, 2.45) is 0 Å². The maximum atomic E-state index is 4.70. The largest absolute Gasteiger partial charge is 0.314 e. The second-order valence-corrected chi connectivity index (χ2v) is 5.50. The quantitative estimate of drug-likeness (QED) is 0.846. The molecular weight excluding hydrogens is 226 g/mol. The Morgan fingerprint density at radius 3 is 2.67 bits per heavy atom. The summed E-state index contributed by atoms with van der Waals surface area (Å²) in [6, 6.07) is 0. The molecule has 2 N–H and O–H groups in total. The van der Waals surface area contributed by atoms with Crippen molar-refractivity contribution in [3.8, 4) is 0 Å². The van der Waals surface area contributed by atoms with Gasteiger partial charge in [0.2, 0.25) is 0 Å². The molecule has 2 aliphatic rings. The van der Waals surface area contributed by atoms with Gasteiger partial charge in [0.15, 0.2) is 5.82 Å². The standard InChI is InChI=1S/C13H23N5/c1-2-4-11(5-3-1)13-15-12(16-17-13)10-18-8-6-14-7-9-18/h11,14H,1-10H2,(H,15,16,17). The smallest absolute Gasteiger partial charge is 0.153 e. The molecule has 0 aromatic carbocycles. The Morgan fingerprint density at radius 2 is 1.89 bits per heavy atom. The number of piperazine rings is 1. The third-order valence-corrected chi connectivity index (χ3v) is 4.10. The number of aromatic amines is 1. The lowest BCUT2D eigenvalue weighted by Gasteiger charge is -2.25. The molecule has 0 unspecified atom stereocenters. The van der Waals surface area contributed by atoms with Crippen molar-refractivity contribution in [2.75, 3.05) is 26.2 Å². The van der Waals surface area contributed by atoms with Crippen LogP contribution in [0.25, 0.3) is 0 Å². The molecule has 5 heteroatoms. The van der Waals surface area contributed by atoms with Crippen molar-refractivity contribution in [3.05, 3.63) is 11.6 Å². The van der Waals surface area contributed by atoms with Crippen LogP contribution in [-0.2, 0) is 6.54 Å². The van der Waals surface area contributed by atoms with Crippen LogP contribution in [0.1, 0.15) is 49.7 Å². The zero-order valence-corrected chi connectivity index (χ0v) is 11.0. The van der Waals surface area contributed by atoms with E-state index in [1.807, 2.05) is 0 Å². The van der Waals surface area contributed by atoms with Crippen LogP contribution in [0.5, 0.6) is 0 Å². The minimum Gasteiger partial charge on any atom is -0.314 e. The summed E-state index contributed by atoms with van der Waals surface area (Å²) in [5, 5.41) is 10.9. The Kier molecular flexibility index (Phi) is 3.90. The summed E-state index contributed by atoms with van der Waals surface area (Å²) in [7, 11) is 0. The van der Waals surface area contributed by atoms with Gasteiger partial charge in [-0.2, -0.15) is 5.10 Å². The van der Waals surface area contributed by atoms with Gasteiger partial charge in [-0.3, -0.25) is 10.00 Å². The van der Waals surface area contributed by atoms with Gasteiger partial charge in [-0.1, -0.05) is 19.3 Å². The van der Waals surface area contributed by atoms with E-state index in [2.05, 4.69) is 20.4 Å². The molecule has 1 aromatic heterocycles. The molecule has 2 heterocycles. The van der Waals surface area contributed by atoms with Gasteiger partial charge in [0.05, 0.1) is 6.54 Å². The van der Waals surface area contributed by atoms with Gasteiger partial charge < -0.3 is 5.32 Å². The second-order valence-electron chi connectivity index (χ2n) is 5.50. The van der Waals surface area contributed by atoms with Gasteiger partial charge >= 0.3 is 0 Å². The second kappa shape index (κ2) is 5.80. The van der Waals surface area contributed by atoms with Crippen molar-refractivity contribution in [1.29, 1.82) is 0 Å². The molecule has 100 valence electrons. The minimum atomic E-state index is 0.603. The average molecular weight is 249 g/mol. The molecule has 18 heavy (non-hydrogen) atoms. The molecule has 0 atom stereocenters. The van der Waals surface area contributed by atoms with E-state index < -0.39 is 0 Å². The van der Waals surface area contributed by atoms with E-state index in [1.165, 1.54) is 32.1 Å². The first-order valence-electron chi connectivity index (χ1n) is 7.26. The molecule has 0 radical (unpaired) electrons. The highest BCUT2D eigenvalue weighted by atomic mass is 15.3. The monoisotopic (exact) mass is 249 g/mol. The van der Waals surface area contributed by atoms with Gasteiger partial charge in [0.25, 0.3) is 0 Å². The van der Waals surface area contributed by atoms with Gasteiger partial charge in [-0.15, -0.1) is 0 Å².